The first-order valence-electron chi connectivity index (χ1n) is 6.40. The molecule has 0 radical (unpaired) electrons. The van der Waals surface area contributed by atoms with Gasteiger partial charge in [0.15, 0.2) is 0 Å². The Kier molecular flexibility index (Phi) is 6.58. The van der Waals surface area contributed by atoms with Crippen molar-refractivity contribution >= 4 is 12.4 Å². The topological polar surface area (TPSA) is 47.7 Å². The molecular formula is C14H23ClN2O2. The minimum absolute atomic E-state index is 0. The van der Waals surface area contributed by atoms with Crippen LogP contribution in [0.15, 0.2) is 18.2 Å². The SMILES string of the molecule is COc1cc(CN2CCOC(CN)C2)ccc1C.Cl. The minimum Gasteiger partial charge on any atom is -0.496 e. The zero-order valence-electron chi connectivity index (χ0n) is 11.6. The van der Waals surface area contributed by atoms with Gasteiger partial charge in [-0.2, -0.15) is 0 Å². The first kappa shape index (κ1) is 16.2. The maximum Gasteiger partial charge on any atom is 0.122 e. The van der Waals surface area contributed by atoms with E-state index in [0.717, 1.165) is 32.0 Å². The van der Waals surface area contributed by atoms with Crippen molar-refractivity contribution in [2.45, 2.75) is 19.6 Å². The van der Waals surface area contributed by atoms with Crippen LogP contribution in [0.25, 0.3) is 0 Å². The first-order chi connectivity index (χ1) is 8.72. The van der Waals surface area contributed by atoms with Gasteiger partial charge < -0.3 is 15.2 Å². The number of morpholine rings is 1. The third-order valence-electron chi connectivity index (χ3n) is 3.36. The van der Waals surface area contributed by atoms with Gasteiger partial charge in [0.25, 0.3) is 0 Å². The Morgan fingerprint density at radius 1 is 1.47 bits per heavy atom. The maximum absolute atomic E-state index is 5.65. The molecule has 1 aliphatic rings. The van der Waals surface area contributed by atoms with E-state index in [4.69, 9.17) is 15.2 Å². The van der Waals surface area contributed by atoms with Crippen LogP contribution >= 0.6 is 12.4 Å². The number of hydrogen-bond donors (Lipinski definition) is 1. The molecule has 1 heterocycles. The second-order valence-corrected chi connectivity index (χ2v) is 4.77. The van der Waals surface area contributed by atoms with Crippen molar-refractivity contribution in [3.05, 3.63) is 29.3 Å². The monoisotopic (exact) mass is 286 g/mol. The fraction of sp³-hybridized carbons (Fsp3) is 0.571. The summed E-state index contributed by atoms with van der Waals surface area (Å²) in [7, 11) is 1.71. The number of benzene rings is 1. The van der Waals surface area contributed by atoms with Gasteiger partial charge in [-0.25, -0.2) is 0 Å². The summed E-state index contributed by atoms with van der Waals surface area (Å²) < 4.78 is 10.9. The number of halogens is 1. The molecule has 5 heteroatoms. The van der Waals surface area contributed by atoms with E-state index in [1.54, 1.807) is 7.11 Å². The molecule has 19 heavy (non-hydrogen) atoms. The summed E-state index contributed by atoms with van der Waals surface area (Å²) in [5.74, 6) is 0.955. The van der Waals surface area contributed by atoms with E-state index in [1.807, 2.05) is 0 Å². The van der Waals surface area contributed by atoms with Crippen molar-refractivity contribution in [2.75, 3.05) is 33.4 Å². The molecule has 0 saturated carbocycles. The van der Waals surface area contributed by atoms with E-state index in [1.165, 1.54) is 11.1 Å². The fourth-order valence-electron chi connectivity index (χ4n) is 2.29. The predicted molar refractivity (Wildman–Crippen MR) is 79.1 cm³/mol. The zero-order chi connectivity index (χ0) is 13.0. The van der Waals surface area contributed by atoms with Crippen LogP contribution in [0.1, 0.15) is 11.1 Å². The van der Waals surface area contributed by atoms with Gasteiger partial charge in [0.05, 0.1) is 19.8 Å². The number of nitrogens with zero attached hydrogens (tertiary/aromatic N) is 1. The molecule has 1 saturated heterocycles. The number of nitrogens with two attached hydrogens (primary N) is 1. The van der Waals surface area contributed by atoms with E-state index < -0.39 is 0 Å². The summed E-state index contributed by atoms with van der Waals surface area (Å²) >= 11 is 0. The van der Waals surface area contributed by atoms with E-state index in [-0.39, 0.29) is 18.5 Å². The molecular weight excluding hydrogens is 264 g/mol. The lowest BCUT2D eigenvalue weighted by Gasteiger charge is -2.32. The highest BCUT2D eigenvalue weighted by atomic mass is 35.5. The van der Waals surface area contributed by atoms with Crippen LogP contribution in [0, 0.1) is 6.92 Å². The summed E-state index contributed by atoms with van der Waals surface area (Å²) in [5.41, 5.74) is 8.10. The molecule has 1 aromatic rings. The Labute approximate surface area is 121 Å². The lowest BCUT2D eigenvalue weighted by Crippen LogP contribution is -2.45. The average molecular weight is 287 g/mol. The second-order valence-electron chi connectivity index (χ2n) is 4.77. The Balaban J connectivity index is 0.00000180. The maximum atomic E-state index is 5.65. The van der Waals surface area contributed by atoms with Crippen LogP contribution in [-0.4, -0.2) is 44.4 Å². The summed E-state index contributed by atoms with van der Waals surface area (Å²) in [6, 6.07) is 6.38. The fourth-order valence-corrected chi connectivity index (χ4v) is 2.29. The Morgan fingerprint density at radius 3 is 2.95 bits per heavy atom. The molecule has 2 rings (SSSR count). The largest absolute Gasteiger partial charge is 0.496 e. The lowest BCUT2D eigenvalue weighted by molar-refractivity contribution is -0.0260. The van der Waals surface area contributed by atoms with Crippen molar-refractivity contribution in [1.29, 1.82) is 0 Å². The van der Waals surface area contributed by atoms with Crippen LogP contribution in [0.3, 0.4) is 0 Å². The standard InChI is InChI=1S/C14H22N2O2.ClH/c1-11-3-4-12(7-14(11)17-2)9-16-5-6-18-13(8-15)10-16;/h3-4,7,13H,5-6,8-10,15H2,1-2H3;1H. The Bertz CT molecular complexity index is 401. The highest BCUT2D eigenvalue weighted by Crippen LogP contribution is 2.20. The third kappa shape index (κ3) is 4.35. The van der Waals surface area contributed by atoms with Crippen LogP contribution in [0.4, 0.5) is 0 Å². The van der Waals surface area contributed by atoms with Crippen LogP contribution < -0.4 is 10.5 Å². The number of rotatable bonds is 4. The molecule has 4 nitrogen and oxygen atoms in total. The first-order valence-corrected chi connectivity index (χ1v) is 6.40. The van der Waals surface area contributed by atoms with Gasteiger partial charge in [-0.15, -0.1) is 12.4 Å². The van der Waals surface area contributed by atoms with E-state index in [2.05, 4.69) is 30.0 Å². The van der Waals surface area contributed by atoms with Crippen molar-refractivity contribution in [3.63, 3.8) is 0 Å². The van der Waals surface area contributed by atoms with Gasteiger partial charge in [0.1, 0.15) is 5.75 Å². The van der Waals surface area contributed by atoms with Crippen molar-refractivity contribution in [3.8, 4) is 5.75 Å². The summed E-state index contributed by atoms with van der Waals surface area (Å²) in [4.78, 5) is 2.38. The molecule has 0 spiro atoms. The second kappa shape index (κ2) is 7.70. The van der Waals surface area contributed by atoms with Crippen molar-refractivity contribution < 1.29 is 9.47 Å². The predicted octanol–water partition coefficient (Wildman–Crippen LogP) is 1.58. The van der Waals surface area contributed by atoms with Crippen LogP contribution in [-0.2, 0) is 11.3 Å². The molecule has 1 aliphatic heterocycles. The van der Waals surface area contributed by atoms with Crippen molar-refractivity contribution in [2.24, 2.45) is 5.73 Å². The number of aryl methyl sites for hydroxylation is 1. The Morgan fingerprint density at radius 2 is 2.26 bits per heavy atom. The smallest absolute Gasteiger partial charge is 0.122 e. The number of hydrogen-bond acceptors (Lipinski definition) is 4. The molecule has 108 valence electrons. The molecule has 2 N–H and O–H groups in total. The van der Waals surface area contributed by atoms with Gasteiger partial charge in [-0.3, -0.25) is 4.90 Å². The number of methoxy groups -OCH3 is 1. The molecule has 1 unspecified atom stereocenters. The molecule has 1 atom stereocenters. The summed E-state index contributed by atoms with van der Waals surface area (Å²) in [5, 5.41) is 0. The highest BCUT2D eigenvalue weighted by Gasteiger charge is 2.19. The molecule has 0 aromatic heterocycles. The summed E-state index contributed by atoms with van der Waals surface area (Å²) in [6.45, 7) is 6.22. The van der Waals surface area contributed by atoms with E-state index in [9.17, 15) is 0 Å². The molecule has 0 bridgehead atoms. The lowest BCUT2D eigenvalue weighted by atomic mass is 10.1. The van der Waals surface area contributed by atoms with E-state index in [0.29, 0.717) is 6.54 Å². The van der Waals surface area contributed by atoms with Gasteiger partial charge in [-0.05, 0) is 24.1 Å². The summed E-state index contributed by atoms with van der Waals surface area (Å²) in [6.07, 6.45) is 0.172. The molecule has 0 amide bonds. The normalized spacial score (nSPS) is 19.8. The van der Waals surface area contributed by atoms with Crippen molar-refractivity contribution in [1.82, 2.24) is 4.90 Å². The quantitative estimate of drug-likeness (QED) is 0.913. The highest BCUT2D eigenvalue weighted by molar-refractivity contribution is 5.85. The van der Waals surface area contributed by atoms with E-state index >= 15 is 0 Å². The molecule has 0 aliphatic carbocycles. The average Bonchev–Trinajstić information content (AvgIpc) is 2.41. The number of ether oxygens (including phenoxy) is 2. The Hall–Kier alpha value is -0.810. The van der Waals surface area contributed by atoms with Crippen LogP contribution in [0.5, 0.6) is 5.75 Å². The minimum atomic E-state index is 0. The van der Waals surface area contributed by atoms with Crippen LogP contribution in [0.2, 0.25) is 0 Å². The third-order valence-corrected chi connectivity index (χ3v) is 3.36. The zero-order valence-corrected chi connectivity index (χ0v) is 12.4. The van der Waals surface area contributed by atoms with Gasteiger partial charge >= 0.3 is 0 Å². The van der Waals surface area contributed by atoms with Gasteiger partial charge in [0.2, 0.25) is 0 Å². The molecule has 1 fully saturated rings. The van der Waals surface area contributed by atoms with Gasteiger partial charge in [0, 0.05) is 26.2 Å². The molecule has 1 aromatic carbocycles. The van der Waals surface area contributed by atoms with Gasteiger partial charge in [-0.1, -0.05) is 12.1 Å².